The Morgan fingerprint density at radius 1 is 1.04 bits per heavy atom. The molecule has 1 nitrogen and oxygen atoms in total. The van der Waals surface area contributed by atoms with E-state index in [-0.39, 0.29) is 57.6 Å². The van der Waals surface area contributed by atoms with Crippen LogP contribution in [0.2, 0.25) is 0 Å². The van der Waals surface area contributed by atoms with E-state index in [9.17, 15) is 0 Å². The summed E-state index contributed by atoms with van der Waals surface area (Å²) >= 11 is 0. The predicted molar refractivity (Wildman–Crippen MR) is 104 cm³/mol. The number of aliphatic hydroxyl groups is 1. The van der Waals surface area contributed by atoms with Gasteiger partial charge in [-0.15, -0.1) is 33.4 Å². The molecule has 28 heavy (non-hydrogen) atoms. The fourth-order valence-corrected chi connectivity index (χ4v) is 3.88. The Morgan fingerprint density at radius 3 is 2.50 bits per heavy atom. The normalized spacial score (nSPS) is 13.0. The zero-order chi connectivity index (χ0) is 17.4. The molecule has 4 rings (SSSR count). The second-order valence-corrected chi connectivity index (χ2v) is 7.06. The van der Waals surface area contributed by atoms with Gasteiger partial charge in [-0.2, -0.15) is 0 Å². The molecule has 1 radical (unpaired) electrons. The van der Waals surface area contributed by atoms with Gasteiger partial charge in [-0.05, 0) is 33.1 Å². The van der Waals surface area contributed by atoms with Gasteiger partial charge in [-0.3, -0.25) is 0 Å². The number of hydrogen-bond donors (Lipinski definition) is 1. The van der Waals surface area contributed by atoms with E-state index in [0.717, 1.165) is 19.3 Å². The van der Waals surface area contributed by atoms with Gasteiger partial charge in [-0.25, -0.2) is 0 Å². The van der Waals surface area contributed by atoms with Crippen molar-refractivity contribution in [1.29, 1.82) is 0 Å². The van der Waals surface area contributed by atoms with E-state index >= 15 is 0 Å². The summed E-state index contributed by atoms with van der Waals surface area (Å²) in [5.74, 6) is 0. The van der Waals surface area contributed by atoms with Gasteiger partial charge in [0.15, 0.2) is 0 Å². The molecule has 0 spiro atoms. The van der Waals surface area contributed by atoms with Crippen LogP contribution in [0.5, 0.6) is 0 Å². The van der Waals surface area contributed by atoms with Gasteiger partial charge in [-0.1, -0.05) is 70.0 Å². The van der Waals surface area contributed by atoms with E-state index in [1.54, 1.807) is 0 Å². The average molecular weight is 490 g/mol. The summed E-state index contributed by atoms with van der Waals surface area (Å²) in [4.78, 5) is 0. The minimum atomic E-state index is 0. The van der Waals surface area contributed by atoms with Crippen LogP contribution >= 0.6 is 0 Å². The van der Waals surface area contributed by atoms with Gasteiger partial charge in [0.2, 0.25) is 0 Å². The summed E-state index contributed by atoms with van der Waals surface area (Å²) < 4.78 is 0. The molecule has 2 aromatic carbocycles. The van der Waals surface area contributed by atoms with Gasteiger partial charge in [0, 0.05) is 6.61 Å². The van der Waals surface area contributed by atoms with Crippen molar-refractivity contribution in [1.82, 2.24) is 0 Å². The molecule has 2 aromatic rings. The van der Waals surface area contributed by atoms with Crippen LogP contribution in [-0.2, 0) is 26.2 Å². The molecular weight excluding hydrogens is 466 g/mol. The van der Waals surface area contributed by atoms with Crippen molar-refractivity contribution in [3.63, 3.8) is 0 Å². The van der Waals surface area contributed by atoms with Crippen molar-refractivity contribution >= 4 is 17.2 Å². The van der Waals surface area contributed by atoms with E-state index in [0.29, 0.717) is 0 Å². The van der Waals surface area contributed by atoms with Gasteiger partial charge < -0.3 is 29.9 Å². The Kier molecular flexibility index (Phi) is 9.64. The Morgan fingerprint density at radius 2 is 1.79 bits per heavy atom. The number of allylic oxidation sites excluding steroid dienone is 4. The van der Waals surface area contributed by atoms with E-state index in [1.807, 2.05) is 0 Å². The van der Waals surface area contributed by atoms with Crippen molar-refractivity contribution in [3.05, 3.63) is 86.1 Å². The summed E-state index contributed by atoms with van der Waals surface area (Å²) in [5.41, 5.74) is 6.63. The van der Waals surface area contributed by atoms with Crippen molar-refractivity contribution in [3.8, 4) is 0 Å². The summed E-state index contributed by atoms with van der Waals surface area (Å²) in [7, 11) is 0. The van der Waals surface area contributed by atoms with Crippen molar-refractivity contribution in [2.45, 2.75) is 33.1 Å². The number of aliphatic hydroxyl groups excluding tert-OH is 1. The molecular formula is C24H23Cl2OZr. The van der Waals surface area contributed by atoms with Crippen LogP contribution in [0.15, 0.2) is 54.1 Å². The third-order valence-corrected chi connectivity index (χ3v) is 5.11. The standard InChI is InChI=1S/C24H23O.2ClH.Zr/c1-16(2)20-11-12-22-21-8-4-3-7-18(21)15-23(22)24(20)19-10-9-17(14-19)6-5-13-25;;;/h3-4,7-9,11-12,14,25H,5-6,10,13H2,1-2H3;2*1H;/q-1;;;+3/p-2. The molecule has 2 aliphatic carbocycles. The van der Waals surface area contributed by atoms with Crippen LogP contribution in [0.4, 0.5) is 0 Å². The zero-order valence-electron chi connectivity index (χ0n) is 16.2. The maximum Gasteiger partial charge on any atom is 3.00 e. The number of fused-ring (bicyclic) bond motifs is 2. The van der Waals surface area contributed by atoms with E-state index in [4.69, 9.17) is 5.11 Å². The van der Waals surface area contributed by atoms with Crippen LogP contribution in [0.1, 0.15) is 44.2 Å². The Balaban J connectivity index is 0.00000131. The molecule has 143 valence electrons. The second kappa shape index (κ2) is 10.7. The molecule has 0 saturated heterocycles. The molecule has 0 aromatic heterocycles. The largest absolute Gasteiger partial charge is 3.00 e. The van der Waals surface area contributed by atoms with Crippen molar-refractivity contribution < 1.29 is 56.1 Å². The van der Waals surface area contributed by atoms with Gasteiger partial charge in [0.1, 0.15) is 0 Å². The molecule has 2 aliphatic rings. The first-order valence-corrected chi connectivity index (χ1v) is 9.04. The zero-order valence-corrected chi connectivity index (χ0v) is 20.1. The van der Waals surface area contributed by atoms with Crippen LogP contribution in [0, 0.1) is 10.4 Å². The molecule has 0 bridgehead atoms. The fourth-order valence-electron chi connectivity index (χ4n) is 3.88. The van der Waals surface area contributed by atoms with Crippen molar-refractivity contribution in [2.75, 3.05) is 6.61 Å². The first kappa shape index (κ1) is 25.1. The Hall–Kier alpha value is -0.917. The predicted octanol–water partition coefficient (Wildman–Crippen LogP) is -2.33. The number of hydrogen-bond acceptors (Lipinski definition) is 1. The summed E-state index contributed by atoms with van der Waals surface area (Å²) in [5, 5.41) is 14.2. The molecule has 1 N–H and O–H groups in total. The minimum Gasteiger partial charge on any atom is -1.00 e. The number of benzene rings is 2. The summed E-state index contributed by atoms with van der Waals surface area (Å²) in [6.45, 7) is 4.62. The third-order valence-electron chi connectivity index (χ3n) is 5.11. The fraction of sp³-hybridized carbons (Fsp3) is 0.250. The Labute approximate surface area is 198 Å². The van der Waals surface area contributed by atoms with Gasteiger partial charge in [0.25, 0.3) is 0 Å². The molecule has 4 heteroatoms. The molecule has 0 unspecified atom stereocenters. The smallest absolute Gasteiger partial charge is 1.00 e. The molecule has 0 heterocycles. The molecule has 0 amide bonds. The van der Waals surface area contributed by atoms with Gasteiger partial charge in [0.05, 0.1) is 0 Å². The monoisotopic (exact) mass is 487 g/mol. The van der Waals surface area contributed by atoms with Gasteiger partial charge >= 0.3 is 26.2 Å². The minimum absolute atomic E-state index is 0. The van der Waals surface area contributed by atoms with Crippen LogP contribution in [0.3, 0.4) is 0 Å². The SMILES string of the molecule is CC(C)=c1ccc2c(c1C1=CC(CCCO)=CC1)[C-]=c1ccccc1=2.[Cl-].[Cl-].[Zr+3]. The average Bonchev–Trinajstić information content (AvgIpc) is 3.23. The quantitative estimate of drug-likeness (QED) is 0.408. The van der Waals surface area contributed by atoms with E-state index in [1.165, 1.54) is 48.7 Å². The maximum atomic E-state index is 9.09. The van der Waals surface area contributed by atoms with Crippen LogP contribution < -0.4 is 35.3 Å². The topological polar surface area (TPSA) is 20.2 Å². The summed E-state index contributed by atoms with van der Waals surface area (Å²) in [6.07, 6.45) is 11.0. The first-order chi connectivity index (χ1) is 12.2. The van der Waals surface area contributed by atoms with Crippen LogP contribution in [-0.4, -0.2) is 11.7 Å². The van der Waals surface area contributed by atoms with Crippen molar-refractivity contribution in [2.24, 2.45) is 0 Å². The Bertz CT molecular complexity index is 1130. The third kappa shape index (κ3) is 4.63. The molecule has 0 aliphatic heterocycles. The maximum absolute atomic E-state index is 9.09. The number of rotatable bonds is 4. The summed E-state index contributed by atoms with van der Waals surface area (Å²) in [6, 6.07) is 13.0. The molecule has 0 fully saturated rings. The molecule has 0 saturated carbocycles. The van der Waals surface area contributed by atoms with E-state index in [2.05, 4.69) is 68.5 Å². The second-order valence-electron chi connectivity index (χ2n) is 7.06. The first-order valence-electron chi connectivity index (χ1n) is 9.04. The molecule has 0 atom stereocenters. The van der Waals surface area contributed by atoms with E-state index < -0.39 is 0 Å². The van der Waals surface area contributed by atoms with Crippen LogP contribution in [0.25, 0.3) is 17.2 Å². The number of halogens is 2.